The number of ether oxygens (including phenoxy) is 1. The minimum Gasteiger partial charge on any atom is -0.382 e. The number of hydrogen-bond acceptors (Lipinski definition) is 6. The van der Waals surface area contributed by atoms with Gasteiger partial charge in [0.25, 0.3) is 5.91 Å². The first kappa shape index (κ1) is 33.2. The van der Waals surface area contributed by atoms with Gasteiger partial charge in [0.05, 0.1) is 35.8 Å². The number of hydrogen-bond donors (Lipinski definition) is 2. The van der Waals surface area contributed by atoms with Crippen molar-refractivity contribution in [3.63, 3.8) is 0 Å². The van der Waals surface area contributed by atoms with E-state index in [4.69, 9.17) is 4.74 Å². The fourth-order valence-corrected chi connectivity index (χ4v) is 8.19. The predicted octanol–water partition coefficient (Wildman–Crippen LogP) is 6.65. The Morgan fingerprint density at radius 2 is 1.78 bits per heavy atom. The van der Waals surface area contributed by atoms with Gasteiger partial charge in [-0.05, 0) is 107 Å². The van der Waals surface area contributed by atoms with Crippen molar-refractivity contribution in [2.75, 3.05) is 44.5 Å². The van der Waals surface area contributed by atoms with Crippen LogP contribution >= 0.6 is 0 Å². The molecule has 1 aliphatic carbocycles. The molecule has 258 valence electrons. The van der Waals surface area contributed by atoms with Crippen LogP contribution in [0.25, 0.3) is 10.9 Å². The zero-order valence-corrected chi connectivity index (χ0v) is 28.7. The molecule has 10 heteroatoms. The average Bonchev–Trinajstić information content (AvgIpc) is 3.74. The second-order valence-electron chi connectivity index (χ2n) is 14.3. The normalized spacial score (nSPS) is 22.8. The molecule has 2 saturated heterocycles. The molecule has 4 unspecified atom stereocenters. The van der Waals surface area contributed by atoms with Crippen molar-refractivity contribution in [1.82, 2.24) is 19.6 Å². The van der Waals surface area contributed by atoms with Crippen LogP contribution in [0, 0.1) is 24.6 Å². The number of carbonyl (C=O) groups excluding carboxylic acids is 2. The van der Waals surface area contributed by atoms with Gasteiger partial charge in [0.1, 0.15) is 5.82 Å². The molecule has 7 rings (SSSR count). The van der Waals surface area contributed by atoms with Gasteiger partial charge in [0, 0.05) is 48.6 Å². The van der Waals surface area contributed by atoms with Gasteiger partial charge < -0.3 is 25.2 Å². The lowest BCUT2D eigenvalue weighted by atomic mass is 9.76. The van der Waals surface area contributed by atoms with Crippen molar-refractivity contribution in [1.29, 1.82) is 0 Å². The summed E-state index contributed by atoms with van der Waals surface area (Å²) in [6.45, 7) is 4.91. The Morgan fingerprint density at radius 3 is 2.53 bits per heavy atom. The Balaban J connectivity index is 1.22. The summed E-state index contributed by atoms with van der Waals surface area (Å²) in [5.41, 5.74) is 4.26. The summed E-state index contributed by atoms with van der Waals surface area (Å²) >= 11 is 0. The number of halogens is 1. The van der Waals surface area contributed by atoms with E-state index in [-0.39, 0.29) is 29.3 Å². The highest BCUT2D eigenvalue weighted by Gasteiger charge is 2.50. The Bertz CT molecular complexity index is 1780. The van der Waals surface area contributed by atoms with Crippen molar-refractivity contribution in [2.45, 2.75) is 70.1 Å². The smallest absolute Gasteiger partial charge is 0.257 e. The molecule has 4 aromatic rings. The van der Waals surface area contributed by atoms with E-state index in [2.05, 4.69) is 20.6 Å². The van der Waals surface area contributed by atoms with E-state index in [1.54, 1.807) is 19.1 Å². The summed E-state index contributed by atoms with van der Waals surface area (Å²) in [5.74, 6) is -1.37. The standard InChI is InChI=1S/C39H47FN6O3/c1-25-6-4-8-33(40)36(25)39(48)46-35-9-5-7-27(35)23-32(37(46)26-10-12-29(13-11-26)42-30-16-20-49-21-17-30)38(47)43-31-14-15-34-28(22-31)24-41-45(34)19-18-44(2)3/h4,6,8,10-15,22,24,27,30,32,35,37,42H,5,7,9,16-21,23H2,1-3H3,(H,43,47). The summed E-state index contributed by atoms with van der Waals surface area (Å²) in [7, 11) is 4.08. The fourth-order valence-electron chi connectivity index (χ4n) is 8.19. The largest absolute Gasteiger partial charge is 0.382 e. The molecule has 4 atom stereocenters. The van der Waals surface area contributed by atoms with E-state index in [0.717, 1.165) is 80.6 Å². The lowest BCUT2D eigenvalue weighted by Gasteiger charge is -2.48. The number of anilines is 2. The van der Waals surface area contributed by atoms with Gasteiger partial charge in [-0.2, -0.15) is 5.10 Å². The van der Waals surface area contributed by atoms with Crippen molar-refractivity contribution in [3.8, 4) is 0 Å². The third kappa shape index (κ3) is 6.94. The second kappa shape index (κ2) is 14.3. The Hall–Kier alpha value is -4.28. The highest BCUT2D eigenvalue weighted by Crippen LogP contribution is 2.49. The van der Waals surface area contributed by atoms with E-state index in [1.165, 1.54) is 6.07 Å². The summed E-state index contributed by atoms with van der Waals surface area (Å²) in [4.78, 5) is 33.0. The first-order valence-electron chi connectivity index (χ1n) is 17.7. The second-order valence-corrected chi connectivity index (χ2v) is 14.3. The molecule has 0 spiro atoms. The molecule has 0 radical (unpaired) electrons. The van der Waals surface area contributed by atoms with Crippen molar-refractivity contribution in [2.24, 2.45) is 11.8 Å². The van der Waals surface area contributed by atoms with Gasteiger partial charge in [0.15, 0.2) is 0 Å². The minimum absolute atomic E-state index is 0.0649. The zero-order chi connectivity index (χ0) is 34.1. The molecule has 9 nitrogen and oxygen atoms in total. The lowest BCUT2D eigenvalue weighted by molar-refractivity contribution is -0.125. The molecule has 1 saturated carbocycles. The van der Waals surface area contributed by atoms with Crippen LogP contribution in [0.4, 0.5) is 15.8 Å². The maximum absolute atomic E-state index is 15.4. The Kier molecular flexibility index (Phi) is 9.69. The zero-order valence-electron chi connectivity index (χ0n) is 28.7. The molecule has 2 aliphatic heterocycles. The van der Waals surface area contributed by atoms with Crippen LogP contribution in [0.5, 0.6) is 0 Å². The number of aromatic nitrogens is 2. The summed E-state index contributed by atoms with van der Waals surface area (Å²) < 4.78 is 22.9. The van der Waals surface area contributed by atoms with E-state index >= 15 is 4.39 Å². The molecule has 2 amide bonds. The number of benzene rings is 3. The highest BCUT2D eigenvalue weighted by molar-refractivity contribution is 5.99. The molecule has 0 bridgehead atoms. The molecule has 3 heterocycles. The van der Waals surface area contributed by atoms with Crippen LogP contribution in [-0.4, -0.2) is 77.3 Å². The molecule has 3 aliphatic rings. The van der Waals surface area contributed by atoms with E-state index in [9.17, 15) is 9.59 Å². The van der Waals surface area contributed by atoms with Gasteiger partial charge in [0.2, 0.25) is 5.91 Å². The van der Waals surface area contributed by atoms with Gasteiger partial charge in [-0.3, -0.25) is 14.3 Å². The quantitative estimate of drug-likeness (QED) is 0.208. The Labute approximate surface area is 287 Å². The number of fused-ring (bicyclic) bond motifs is 2. The minimum atomic E-state index is -0.555. The number of amides is 2. The van der Waals surface area contributed by atoms with Crippen LogP contribution in [-0.2, 0) is 16.1 Å². The number of nitrogens with one attached hydrogen (secondary N) is 2. The molecule has 2 N–H and O–H groups in total. The molecule has 49 heavy (non-hydrogen) atoms. The van der Waals surface area contributed by atoms with E-state index in [1.807, 2.05) is 72.3 Å². The number of carbonyl (C=O) groups is 2. The van der Waals surface area contributed by atoms with Gasteiger partial charge >= 0.3 is 0 Å². The van der Waals surface area contributed by atoms with Gasteiger partial charge in [-0.25, -0.2) is 4.39 Å². The topological polar surface area (TPSA) is 91.7 Å². The molecule has 1 aromatic heterocycles. The number of likely N-dealkylation sites (tertiary alicyclic amines) is 1. The predicted molar refractivity (Wildman–Crippen MR) is 190 cm³/mol. The molecule has 3 aromatic carbocycles. The van der Waals surface area contributed by atoms with Gasteiger partial charge in [-0.1, -0.05) is 30.7 Å². The number of aryl methyl sites for hydroxylation is 1. The molecular formula is C39H47FN6O3. The number of nitrogens with zero attached hydrogens (tertiary/aromatic N) is 4. The van der Waals surface area contributed by atoms with Crippen LogP contribution in [0.15, 0.2) is 66.9 Å². The number of piperidine rings is 1. The van der Waals surface area contributed by atoms with E-state index in [0.29, 0.717) is 23.7 Å². The van der Waals surface area contributed by atoms with Crippen LogP contribution < -0.4 is 10.6 Å². The summed E-state index contributed by atoms with van der Waals surface area (Å²) in [5, 5.41) is 12.4. The first-order chi connectivity index (χ1) is 23.8. The van der Waals surface area contributed by atoms with E-state index < -0.39 is 17.8 Å². The van der Waals surface area contributed by atoms with Crippen molar-refractivity contribution < 1.29 is 18.7 Å². The van der Waals surface area contributed by atoms with Gasteiger partial charge in [-0.15, -0.1) is 0 Å². The summed E-state index contributed by atoms with van der Waals surface area (Å²) in [6, 6.07) is 18.5. The maximum atomic E-state index is 15.4. The SMILES string of the molecule is Cc1cccc(F)c1C(=O)N1C2CCCC2CC(C(=O)Nc2ccc3c(cnn3CCN(C)C)c2)C1c1ccc(NC2CCOCC2)cc1. The highest BCUT2D eigenvalue weighted by atomic mass is 19.1. The molecule has 3 fully saturated rings. The van der Waals surface area contributed by atoms with Crippen LogP contribution in [0.3, 0.4) is 0 Å². The third-order valence-corrected chi connectivity index (χ3v) is 10.7. The van der Waals surface area contributed by atoms with Crippen LogP contribution in [0.2, 0.25) is 0 Å². The molecular weight excluding hydrogens is 619 g/mol. The maximum Gasteiger partial charge on any atom is 0.257 e. The lowest BCUT2D eigenvalue weighted by Crippen LogP contribution is -2.54. The van der Waals surface area contributed by atoms with Crippen LogP contribution in [0.1, 0.15) is 66.1 Å². The van der Waals surface area contributed by atoms with Crippen molar-refractivity contribution >= 4 is 34.1 Å². The van der Waals surface area contributed by atoms with Crippen molar-refractivity contribution in [3.05, 3.63) is 89.4 Å². The fraction of sp³-hybridized carbons (Fsp3) is 0.462. The number of likely N-dealkylation sites (N-methyl/N-ethyl adjacent to an activating group) is 1. The first-order valence-corrected chi connectivity index (χ1v) is 17.7. The summed E-state index contributed by atoms with van der Waals surface area (Å²) in [6.07, 6.45) is 7.14. The monoisotopic (exact) mass is 666 g/mol. The number of rotatable bonds is 9. The Morgan fingerprint density at radius 1 is 1.00 bits per heavy atom. The third-order valence-electron chi connectivity index (χ3n) is 10.7. The average molecular weight is 667 g/mol.